The lowest BCUT2D eigenvalue weighted by Gasteiger charge is -2.42. The first-order valence-electron chi connectivity index (χ1n) is 27.1. The van der Waals surface area contributed by atoms with E-state index >= 15 is 0 Å². The first-order chi connectivity index (χ1) is 32.5. The molecule has 7 rings (SSSR count). The molecule has 1 N–H and O–H groups in total. The summed E-state index contributed by atoms with van der Waals surface area (Å²) in [7, 11) is 1.08. The van der Waals surface area contributed by atoms with Gasteiger partial charge in [0.15, 0.2) is 7.28 Å². The number of nitrogens with one attached hydrogen (secondary N) is 1. The van der Waals surface area contributed by atoms with Gasteiger partial charge in [-0.15, -0.1) is 17.9 Å². The minimum absolute atomic E-state index is 0.0653. The molecule has 5 heteroatoms. The maximum Gasteiger partial charge on any atom is 0.195 e. The van der Waals surface area contributed by atoms with Gasteiger partial charge >= 0.3 is 0 Å². The van der Waals surface area contributed by atoms with Gasteiger partial charge in [0.05, 0.1) is 8.07 Å². The lowest BCUT2D eigenvalue weighted by atomic mass is 9.58. The minimum Gasteiger partial charge on any atom is -0.385 e. The largest absolute Gasteiger partial charge is 0.385 e. The summed E-state index contributed by atoms with van der Waals surface area (Å²) in [6.45, 7) is 45.3. The van der Waals surface area contributed by atoms with Gasteiger partial charge in [0.25, 0.3) is 0 Å². The number of hydrogen-bond donors (Lipinski definition) is 1. The summed E-state index contributed by atoms with van der Waals surface area (Å²) in [6, 6.07) is 15.1. The highest BCUT2D eigenvalue weighted by molar-refractivity contribution is 7.18. The molecule has 3 aromatic rings. The van der Waals surface area contributed by atoms with Crippen molar-refractivity contribution in [3.05, 3.63) is 148 Å². The Balaban J connectivity index is 1.37. The molecular formula is C65H92BN2SSi. The summed E-state index contributed by atoms with van der Waals surface area (Å²) >= 11 is 1.92. The molecule has 0 saturated heterocycles. The smallest absolute Gasteiger partial charge is 0.195 e. The second-order valence-electron chi connectivity index (χ2n) is 27.8. The second-order valence-corrected chi connectivity index (χ2v) is 33.8. The van der Waals surface area contributed by atoms with Crippen LogP contribution in [0.3, 0.4) is 0 Å². The van der Waals surface area contributed by atoms with E-state index in [-0.39, 0.29) is 38.5 Å². The molecule has 0 amide bonds. The highest BCUT2D eigenvalue weighted by atomic mass is 32.1. The number of fused-ring (bicyclic) bond motifs is 2. The van der Waals surface area contributed by atoms with Crippen LogP contribution in [0.4, 0.5) is 0 Å². The average Bonchev–Trinajstić information content (AvgIpc) is 3.67. The van der Waals surface area contributed by atoms with Crippen LogP contribution in [0.15, 0.2) is 131 Å². The molecule has 1 aromatic heterocycles. The summed E-state index contributed by atoms with van der Waals surface area (Å²) < 4.78 is 1.40. The van der Waals surface area contributed by atoms with Gasteiger partial charge < -0.3 is 10.2 Å². The Labute approximate surface area is 434 Å². The van der Waals surface area contributed by atoms with Crippen LogP contribution in [0.5, 0.6) is 0 Å². The fourth-order valence-electron chi connectivity index (χ4n) is 11.2. The van der Waals surface area contributed by atoms with Gasteiger partial charge in [-0.1, -0.05) is 199 Å². The van der Waals surface area contributed by atoms with Gasteiger partial charge in [-0.25, -0.2) is 0 Å². The van der Waals surface area contributed by atoms with Crippen molar-refractivity contribution >= 4 is 53.0 Å². The van der Waals surface area contributed by atoms with Gasteiger partial charge in [0, 0.05) is 27.8 Å². The van der Waals surface area contributed by atoms with Gasteiger partial charge in [0.1, 0.15) is 0 Å². The summed E-state index contributed by atoms with van der Waals surface area (Å²) in [5, 5.41) is 9.24. The van der Waals surface area contributed by atoms with Crippen LogP contribution in [-0.4, -0.2) is 26.3 Å². The molecule has 4 aliphatic carbocycles. The highest BCUT2D eigenvalue weighted by Gasteiger charge is 2.38. The third-order valence-electron chi connectivity index (χ3n) is 16.7. The second kappa shape index (κ2) is 20.3. The van der Waals surface area contributed by atoms with E-state index in [2.05, 4.69) is 237 Å². The molecule has 0 bridgehead atoms. The van der Waals surface area contributed by atoms with Crippen molar-refractivity contribution in [2.45, 2.75) is 198 Å². The third-order valence-corrected chi connectivity index (χ3v) is 19.7. The lowest BCUT2D eigenvalue weighted by Crippen LogP contribution is -2.37. The fraction of sp³-hybridized carbons (Fsp3) is 0.538. The van der Waals surface area contributed by atoms with E-state index in [0.29, 0.717) is 5.92 Å². The van der Waals surface area contributed by atoms with E-state index < -0.39 is 8.07 Å². The van der Waals surface area contributed by atoms with Crippen LogP contribution in [0.2, 0.25) is 19.6 Å². The third kappa shape index (κ3) is 12.5. The SMILES string of the molecule is C=CCC(C)(C)CCC(C)(C)C/C=C/NC1C=C(N(C2=C(c3ccc([Si](C)(C)C)cc3)CC(C(C)(C)C)C=C2)C2=C([B]c3csc4cc5c(cc34)C(C)(C)CCC5(C)C)C=C(C(C)(C)C)CC2)C=CC1. The maximum atomic E-state index is 4.02. The van der Waals surface area contributed by atoms with E-state index in [1.807, 2.05) is 11.3 Å². The van der Waals surface area contributed by atoms with E-state index in [1.165, 1.54) is 91.3 Å². The molecular weight excluding hydrogens is 880 g/mol. The predicted octanol–water partition coefficient (Wildman–Crippen LogP) is 17.6. The zero-order valence-electron chi connectivity index (χ0n) is 47.1. The number of thiophene rings is 1. The van der Waals surface area contributed by atoms with Crippen LogP contribution < -0.4 is 16.0 Å². The average molecular weight is 972 g/mol. The molecule has 2 aromatic carbocycles. The molecule has 2 unspecified atom stereocenters. The standard InChI is InChI=1S/C65H92BN2SSi/c1-19-32-62(8,9)34-35-63(10,11)33-21-38-67-48-22-20-23-49(41-48)68(57-30-26-46(60(2,3)4)39-51(57)45-24-28-50(29-25-45)70(16,17)18)58-31-27-47(61(5,6)7)40-55(58)66-56-44-69-59-43-54-53(42-52(56)59)64(12,13)36-37-65(54,14)15/h19-21,23-26,28-30,38,40-44,46,48,67H,1,22,27,31-37,39H2,2-18H3/b38-21+. The van der Waals surface area contributed by atoms with Crippen LogP contribution >= 0.6 is 11.3 Å². The molecule has 4 aliphatic rings. The molecule has 0 aliphatic heterocycles. The van der Waals surface area contributed by atoms with Crippen LogP contribution in [0.25, 0.3) is 15.7 Å². The number of rotatable bonds is 16. The summed E-state index contributed by atoms with van der Waals surface area (Å²) in [5.74, 6) is 0.425. The van der Waals surface area contributed by atoms with Gasteiger partial charge in [-0.2, -0.15) is 0 Å². The van der Waals surface area contributed by atoms with Gasteiger partial charge in [0.2, 0.25) is 0 Å². The number of nitrogens with zero attached hydrogens (tertiary/aromatic N) is 1. The minimum atomic E-state index is -1.49. The monoisotopic (exact) mass is 972 g/mol. The predicted molar refractivity (Wildman–Crippen MR) is 315 cm³/mol. The van der Waals surface area contributed by atoms with Crippen molar-refractivity contribution in [3.8, 4) is 0 Å². The first-order valence-corrected chi connectivity index (χ1v) is 31.4. The van der Waals surface area contributed by atoms with E-state index in [0.717, 1.165) is 38.5 Å². The highest BCUT2D eigenvalue weighted by Crippen LogP contribution is 2.49. The van der Waals surface area contributed by atoms with E-state index in [4.69, 9.17) is 0 Å². The topological polar surface area (TPSA) is 15.3 Å². The maximum absolute atomic E-state index is 4.02. The van der Waals surface area contributed by atoms with Crippen molar-refractivity contribution in [1.82, 2.24) is 10.2 Å². The van der Waals surface area contributed by atoms with Crippen molar-refractivity contribution in [3.63, 3.8) is 0 Å². The summed E-state index contributed by atoms with van der Waals surface area (Å²) in [6.07, 6.45) is 32.6. The Morgan fingerprint density at radius 3 is 2.10 bits per heavy atom. The summed E-state index contributed by atoms with van der Waals surface area (Å²) in [4.78, 5) is 2.71. The Kier molecular flexibility index (Phi) is 15.6. The molecule has 0 spiro atoms. The number of hydrogen-bond acceptors (Lipinski definition) is 3. The Hall–Kier alpha value is -3.80. The molecule has 0 saturated carbocycles. The van der Waals surface area contributed by atoms with Gasteiger partial charge in [-0.05, 0) is 166 Å². The fourth-order valence-corrected chi connectivity index (χ4v) is 13.3. The van der Waals surface area contributed by atoms with E-state index in [9.17, 15) is 0 Å². The normalized spacial score (nSPS) is 21.0. The van der Waals surface area contributed by atoms with Gasteiger partial charge in [-0.3, -0.25) is 0 Å². The van der Waals surface area contributed by atoms with Crippen molar-refractivity contribution in [2.24, 2.45) is 27.6 Å². The van der Waals surface area contributed by atoms with Crippen LogP contribution in [0.1, 0.15) is 178 Å². The molecule has 2 atom stereocenters. The zero-order chi connectivity index (χ0) is 51.2. The number of allylic oxidation sites excluding steroid dienone is 10. The first kappa shape index (κ1) is 54.0. The Morgan fingerprint density at radius 1 is 0.843 bits per heavy atom. The van der Waals surface area contributed by atoms with Crippen molar-refractivity contribution < 1.29 is 0 Å². The molecule has 1 radical (unpaired) electrons. The molecule has 375 valence electrons. The molecule has 70 heavy (non-hydrogen) atoms. The summed E-state index contributed by atoms with van der Waals surface area (Å²) in [5.41, 5.74) is 15.1. The van der Waals surface area contributed by atoms with Crippen LogP contribution in [0, 0.1) is 27.6 Å². The molecule has 2 nitrogen and oxygen atoms in total. The van der Waals surface area contributed by atoms with Crippen LogP contribution in [-0.2, 0) is 10.8 Å². The van der Waals surface area contributed by atoms with Crippen molar-refractivity contribution in [1.29, 1.82) is 0 Å². The molecule has 1 heterocycles. The lowest BCUT2D eigenvalue weighted by molar-refractivity contribution is 0.242. The molecule has 0 fully saturated rings. The Morgan fingerprint density at radius 2 is 1.49 bits per heavy atom. The zero-order valence-corrected chi connectivity index (χ0v) is 48.9. The number of benzene rings is 2. The van der Waals surface area contributed by atoms with Crippen molar-refractivity contribution in [2.75, 3.05) is 0 Å². The quantitative estimate of drug-likeness (QED) is 0.114. The van der Waals surface area contributed by atoms with E-state index in [1.54, 1.807) is 5.56 Å². The Bertz CT molecular complexity index is 2630.